The monoisotopic (exact) mass is 229 g/mol. The third kappa shape index (κ3) is 4.64. The largest absolute Gasteiger partial charge is 0.444 e. The smallest absolute Gasteiger partial charge is 0.411 e. The van der Waals surface area contributed by atoms with Crippen LogP contribution in [0.5, 0.6) is 0 Å². The lowest BCUT2D eigenvalue weighted by molar-refractivity contribution is -0.113. The molecule has 0 rings (SSSR count). The minimum atomic E-state index is -0.552. The van der Waals surface area contributed by atoms with E-state index in [4.69, 9.17) is 4.74 Å². The van der Waals surface area contributed by atoms with Gasteiger partial charge in [-0.25, -0.2) is 4.79 Å². The summed E-state index contributed by atoms with van der Waals surface area (Å²) in [6.45, 7) is 12.7. The molecule has 4 nitrogen and oxygen atoms in total. The molecule has 0 aromatic rings. The summed E-state index contributed by atoms with van der Waals surface area (Å²) in [7, 11) is 0. The van der Waals surface area contributed by atoms with Gasteiger partial charge in [-0.1, -0.05) is 0 Å². The van der Waals surface area contributed by atoms with Crippen molar-refractivity contribution in [1.29, 1.82) is 0 Å². The van der Waals surface area contributed by atoms with Crippen LogP contribution in [0.1, 0.15) is 48.5 Å². The number of carbonyl (C=O) groups is 2. The van der Waals surface area contributed by atoms with Crippen molar-refractivity contribution in [3.63, 3.8) is 0 Å². The minimum absolute atomic E-state index is 0.442. The lowest BCUT2D eigenvalue weighted by atomic mass is 10.0. The van der Waals surface area contributed by atoms with Crippen molar-refractivity contribution in [1.82, 2.24) is 4.90 Å². The second kappa shape index (κ2) is 4.85. The van der Waals surface area contributed by atoms with Crippen molar-refractivity contribution in [2.75, 3.05) is 0 Å². The third-order valence-electron chi connectivity index (χ3n) is 1.92. The molecule has 0 heterocycles. The highest BCUT2D eigenvalue weighted by Gasteiger charge is 2.34. The van der Waals surface area contributed by atoms with Crippen molar-refractivity contribution < 1.29 is 14.3 Å². The van der Waals surface area contributed by atoms with Crippen LogP contribution in [0.15, 0.2) is 0 Å². The Morgan fingerprint density at radius 2 is 1.62 bits per heavy atom. The summed E-state index contributed by atoms with van der Waals surface area (Å²) >= 11 is 0. The molecular formula is C12H23NO3. The van der Waals surface area contributed by atoms with Gasteiger partial charge in [-0.15, -0.1) is 0 Å². The molecule has 0 aliphatic heterocycles. The zero-order chi connectivity index (χ0) is 13.1. The second-order valence-corrected chi connectivity index (χ2v) is 5.90. The maximum absolute atomic E-state index is 12.0. The van der Waals surface area contributed by atoms with Crippen LogP contribution in [0, 0.1) is 0 Å². The molecule has 0 radical (unpaired) electrons. The normalized spacial score (nSPS) is 14.2. The standard InChI is InChI=1S/C12H23NO3/c1-9(8-14)13(11(2,3)4)10(15)16-12(5,6)7/h8-9H,1-7H3. The number of aldehydes is 1. The highest BCUT2D eigenvalue weighted by Crippen LogP contribution is 2.20. The van der Waals surface area contributed by atoms with Gasteiger partial charge in [0.15, 0.2) is 0 Å². The van der Waals surface area contributed by atoms with Crippen LogP contribution in [0.25, 0.3) is 0 Å². The molecule has 94 valence electrons. The maximum Gasteiger partial charge on any atom is 0.411 e. The molecule has 4 heteroatoms. The summed E-state index contributed by atoms with van der Waals surface area (Å²) in [5, 5.41) is 0. The fourth-order valence-corrected chi connectivity index (χ4v) is 1.42. The summed E-state index contributed by atoms with van der Waals surface area (Å²) < 4.78 is 5.28. The van der Waals surface area contributed by atoms with E-state index in [2.05, 4.69) is 0 Å². The molecule has 0 aromatic carbocycles. The van der Waals surface area contributed by atoms with Crippen LogP contribution in [-0.4, -0.2) is 34.5 Å². The molecule has 1 atom stereocenters. The van der Waals surface area contributed by atoms with Crippen LogP contribution < -0.4 is 0 Å². The SMILES string of the molecule is CC(C=O)N(C(=O)OC(C)(C)C)C(C)(C)C. The molecular weight excluding hydrogens is 206 g/mol. The molecule has 0 aromatic heterocycles. The molecule has 1 amide bonds. The number of hydrogen-bond acceptors (Lipinski definition) is 3. The first-order chi connectivity index (χ1) is 6.99. The van der Waals surface area contributed by atoms with Crippen LogP contribution in [0.3, 0.4) is 0 Å². The zero-order valence-corrected chi connectivity index (χ0v) is 11.3. The van der Waals surface area contributed by atoms with Crippen molar-refractivity contribution in [2.24, 2.45) is 0 Å². The quantitative estimate of drug-likeness (QED) is 0.684. The summed E-state index contributed by atoms with van der Waals surface area (Å²) in [6.07, 6.45) is 0.287. The molecule has 0 N–H and O–H groups in total. The van der Waals surface area contributed by atoms with Gasteiger partial charge in [0.2, 0.25) is 0 Å². The van der Waals surface area contributed by atoms with Gasteiger partial charge in [-0.3, -0.25) is 4.90 Å². The van der Waals surface area contributed by atoms with Crippen LogP contribution in [0.4, 0.5) is 4.79 Å². The van der Waals surface area contributed by atoms with E-state index in [0.717, 1.165) is 6.29 Å². The van der Waals surface area contributed by atoms with Crippen molar-refractivity contribution >= 4 is 12.4 Å². The number of hydrogen-bond donors (Lipinski definition) is 0. The zero-order valence-electron chi connectivity index (χ0n) is 11.3. The highest BCUT2D eigenvalue weighted by molar-refractivity contribution is 5.74. The Bertz CT molecular complexity index is 260. The summed E-state index contributed by atoms with van der Waals surface area (Å²) in [5.74, 6) is 0. The lowest BCUT2D eigenvalue weighted by Crippen LogP contribution is -2.52. The fourth-order valence-electron chi connectivity index (χ4n) is 1.42. The predicted molar refractivity (Wildman–Crippen MR) is 63.4 cm³/mol. The summed E-state index contributed by atoms with van der Waals surface area (Å²) in [5.41, 5.74) is -0.994. The van der Waals surface area contributed by atoms with E-state index in [9.17, 15) is 9.59 Å². The Labute approximate surface area is 98.0 Å². The Kier molecular flexibility index (Phi) is 4.53. The van der Waals surface area contributed by atoms with E-state index in [1.165, 1.54) is 4.90 Å². The molecule has 0 bridgehead atoms. The lowest BCUT2D eigenvalue weighted by Gasteiger charge is -2.38. The Hall–Kier alpha value is -1.06. The van der Waals surface area contributed by atoms with E-state index in [1.807, 2.05) is 20.8 Å². The first kappa shape index (κ1) is 14.9. The number of amides is 1. The average Bonchev–Trinajstić information content (AvgIpc) is 1.97. The second-order valence-electron chi connectivity index (χ2n) is 5.90. The number of rotatable bonds is 2. The van der Waals surface area contributed by atoms with Gasteiger partial charge in [0.05, 0.1) is 6.04 Å². The van der Waals surface area contributed by atoms with Gasteiger partial charge in [0, 0.05) is 5.54 Å². The van der Waals surface area contributed by atoms with Gasteiger partial charge < -0.3 is 9.53 Å². The highest BCUT2D eigenvalue weighted by atomic mass is 16.6. The molecule has 0 aliphatic rings. The molecule has 0 fully saturated rings. The first-order valence-electron chi connectivity index (χ1n) is 5.46. The minimum Gasteiger partial charge on any atom is -0.444 e. The van der Waals surface area contributed by atoms with Gasteiger partial charge in [-0.2, -0.15) is 0 Å². The maximum atomic E-state index is 12.0. The van der Waals surface area contributed by atoms with Crippen molar-refractivity contribution in [3.05, 3.63) is 0 Å². The van der Waals surface area contributed by atoms with Crippen molar-refractivity contribution in [2.45, 2.75) is 65.6 Å². The van der Waals surface area contributed by atoms with E-state index in [0.29, 0.717) is 0 Å². The van der Waals surface area contributed by atoms with Gasteiger partial charge in [0.25, 0.3) is 0 Å². The van der Waals surface area contributed by atoms with Gasteiger partial charge >= 0.3 is 6.09 Å². The Morgan fingerprint density at radius 3 is 1.88 bits per heavy atom. The third-order valence-corrected chi connectivity index (χ3v) is 1.92. The van der Waals surface area contributed by atoms with Crippen LogP contribution in [0.2, 0.25) is 0 Å². The summed E-state index contributed by atoms with van der Waals surface area (Å²) in [4.78, 5) is 24.2. The van der Waals surface area contributed by atoms with Crippen LogP contribution >= 0.6 is 0 Å². The van der Waals surface area contributed by atoms with Crippen molar-refractivity contribution in [3.8, 4) is 0 Å². The molecule has 0 aliphatic carbocycles. The Morgan fingerprint density at radius 1 is 1.19 bits per heavy atom. The number of nitrogens with zero attached hydrogens (tertiary/aromatic N) is 1. The fraction of sp³-hybridized carbons (Fsp3) is 0.833. The topological polar surface area (TPSA) is 46.6 Å². The summed E-state index contributed by atoms with van der Waals surface area (Å²) in [6, 6.07) is -0.491. The Balaban J connectivity index is 4.93. The van der Waals surface area contributed by atoms with Gasteiger partial charge in [-0.05, 0) is 48.5 Å². The molecule has 1 unspecified atom stereocenters. The first-order valence-corrected chi connectivity index (χ1v) is 5.46. The number of ether oxygens (including phenoxy) is 1. The average molecular weight is 229 g/mol. The van der Waals surface area contributed by atoms with E-state index in [-0.39, 0.29) is 0 Å². The number of carbonyl (C=O) groups excluding carboxylic acids is 2. The van der Waals surface area contributed by atoms with Gasteiger partial charge in [0.1, 0.15) is 11.9 Å². The van der Waals surface area contributed by atoms with E-state index < -0.39 is 23.3 Å². The molecule has 16 heavy (non-hydrogen) atoms. The molecule has 0 saturated carbocycles. The van der Waals surface area contributed by atoms with E-state index >= 15 is 0 Å². The molecule has 0 spiro atoms. The predicted octanol–water partition coefficient (Wildman–Crippen LogP) is 2.61. The van der Waals surface area contributed by atoms with E-state index in [1.54, 1.807) is 27.7 Å². The van der Waals surface area contributed by atoms with Crippen LogP contribution in [-0.2, 0) is 9.53 Å². The molecule has 0 saturated heterocycles.